The van der Waals surface area contributed by atoms with Crippen molar-refractivity contribution in [2.24, 2.45) is 4.99 Å². The van der Waals surface area contributed by atoms with E-state index in [1.54, 1.807) is 0 Å². The van der Waals surface area contributed by atoms with Crippen LogP contribution in [-0.4, -0.2) is 11.3 Å². The van der Waals surface area contributed by atoms with Gasteiger partial charge in [-0.25, -0.2) is 0 Å². The molecule has 1 heteroatoms. The highest BCUT2D eigenvalue weighted by atomic mass is 14.9. The summed E-state index contributed by atoms with van der Waals surface area (Å²) in [5.74, 6) is 0.544. The lowest BCUT2D eigenvalue weighted by Gasteiger charge is -2.33. The Balaban J connectivity index is 2.07. The molecule has 1 atom stereocenters. The molecule has 21 heavy (non-hydrogen) atoms. The molecule has 0 spiro atoms. The van der Waals surface area contributed by atoms with E-state index >= 15 is 0 Å². The zero-order valence-corrected chi connectivity index (χ0v) is 13.4. The molecule has 108 valence electrons. The number of aliphatic imine (C=N–C) groups is 1. The average Bonchev–Trinajstić information content (AvgIpc) is 2.47. The summed E-state index contributed by atoms with van der Waals surface area (Å²) in [5.41, 5.74) is 6.24. The van der Waals surface area contributed by atoms with Crippen molar-refractivity contribution < 1.29 is 0 Å². The zero-order chi connectivity index (χ0) is 15.0. The molecule has 2 aliphatic rings. The topological polar surface area (TPSA) is 12.4 Å². The highest BCUT2D eigenvalue weighted by molar-refractivity contribution is 6.13. The van der Waals surface area contributed by atoms with Crippen LogP contribution >= 0.6 is 0 Å². The van der Waals surface area contributed by atoms with Crippen LogP contribution in [0.15, 0.2) is 64.7 Å². The van der Waals surface area contributed by atoms with E-state index in [0.29, 0.717) is 5.92 Å². The fraction of sp³-hybridized carbons (Fsp3) is 0.350. The number of allylic oxidation sites excluding steroid dienone is 3. The zero-order valence-electron chi connectivity index (χ0n) is 13.4. The smallest absolute Gasteiger partial charge is 0.0870 e. The van der Waals surface area contributed by atoms with Gasteiger partial charge in [-0.1, -0.05) is 56.4 Å². The number of hydrogen-bond donors (Lipinski definition) is 0. The van der Waals surface area contributed by atoms with Crippen LogP contribution in [0.25, 0.3) is 0 Å². The van der Waals surface area contributed by atoms with Crippen LogP contribution in [0, 0.1) is 0 Å². The van der Waals surface area contributed by atoms with Gasteiger partial charge in [-0.05, 0) is 49.0 Å². The van der Waals surface area contributed by atoms with Gasteiger partial charge in [0.25, 0.3) is 0 Å². The SMILES string of the molecule is CC1=CC2=CC=CCC2(C)N=C1c1cccc(C(C)C)c1. The third kappa shape index (κ3) is 2.53. The van der Waals surface area contributed by atoms with E-state index in [0.717, 1.165) is 12.1 Å². The number of benzene rings is 1. The summed E-state index contributed by atoms with van der Waals surface area (Å²) in [5, 5.41) is 0. The van der Waals surface area contributed by atoms with Crippen molar-refractivity contribution in [1.82, 2.24) is 0 Å². The molecule has 1 heterocycles. The highest BCUT2D eigenvalue weighted by Crippen LogP contribution is 2.36. The van der Waals surface area contributed by atoms with Gasteiger partial charge in [-0.2, -0.15) is 0 Å². The fourth-order valence-electron chi connectivity index (χ4n) is 3.05. The number of dihydropyridines is 1. The lowest BCUT2D eigenvalue weighted by molar-refractivity contribution is 0.563. The Bertz CT molecular complexity index is 686. The largest absolute Gasteiger partial charge is 0.273 e. The highest BCUT2D eigenvalue weighted by Gasteiger charge is 2.31. The van der Waals surface area contributed by atoms with Gasteiger partial charge in [0.05, 0.1) is 11.3 Å². The van der Waals surface area contributed by atoms with E-state index < -0.39 is 0 Å². The van der Waals surface area contributed by atoms with Gasteiger partial charge in [0.15, 0.2) is 0 Å². The van der Waals surface area contributed by atoms with Crippen LogP contribution < -0.4 is 0 Å². The molecule has 0 N–H and O–H groups in total. The van der Waals surface area contributed by atoms with Crippen molar-refractivity contribution in [2.75, 3.05) is 0 Å². The van der Waals surface area contributed by atoms with Gasteiger partial charge in [-0.15, -0.1) is 0 Å². The molecule has 0 saturated heterocycles. The Labute approximate surface area is 127 Å². The fourth-order valence-corrected chi connectivity index (χ4v) is 3.05. The predicted molar refractivity (Wildman–Crippen MR) is 91.1 cm³/mol. The van der Waals surface area contributed by atoms with Crippen molar-refractivity contribution >= 4 is 5.71 Å². The normalized spacial score (nSPS) is 24.3. The van der Waals surface area contributed by atoms with Gasteiger partial charge in [0, 0.05) is 5.56 Å². The van der Waals surface area contributed by atoms with Gasteiger partial charge < -0.3 is 0 Å². The molecule has 1 aromatic carbocycles. The van der Waals surface area contributed by atoms with E-state index in [-0.39, 0.29) is 5.54 Å². The number of rotatable bonds is 2. The molecule has 3 rings (SSSR count). The molecule has 1 nitrogen and oxygen atoms in total. The minimum absolute atomic E-state index is 0.0998. The Hall–Kier alpha value is -1.89. The molecular weight excluding hydrogens is 254 g/mol. The molecule has 0 aromatic heterocycles. The third-order valence-electron chi connectivity index (χ3n) is 4.48. The third-order valence-corrected chi connectivity index (χ3v) is 4.48. The lowest BCUT2D eigenvalue weighted by atomic mass is 9.80. The Morgan fingerprint density at radius 3 is 2.81 bits per heavy atom. The molecule has 1 aliphatic carbocycles. The summed E-state index contributed by atoms with van der Waals surface area (Å²) in [6, 6.07) is 8.82. The summed E-state index contributed by atoms with van der Waals surface area (Å²) >= 11 is 0. The first-order chi connectivity index (χ1) is 9.99. The summed E-state index contributed by atoms with van der Waals surface area (Å²) in [7, 11) is 0. The second-order valence-corrected chi connectivity index (χ2v) is 6.60. The molecule has 0 radical (unpaired) electrons. The molecule has 0 saturated carbocycles. The van der Waals surface area contributed by atoms with E-state index in [2.05, 4.69) is 76.3 Å². The Morgan fingerprint density at radius 1 is 1.24 bits per heavy atom. The van der Waals surface area contributed by atoms with Crippen LogP contribution in [0.3, 0.4) is 0 Å². The van der Waals surface area contributed by atoms with Crippen molar-refractivity contribution in [1.29, 1.82) is 0 Å². The van der Waals surface area contributed by atoms with Crippen LogP contribution in [0.4, 0.5) is 0 Å². The molecular formula is C20H23N. The van der Waals surface area contributed by atoms with Crippen LogP contribution in [0.2, 0.25) is 0 Å². The first-order valence-electron chi connectivity index (χ1n) is 7.76. The van der Waals surface area contributed by atoms with E-state index in [9.17, 15) is 0 Å². The maximum absolute atomic E-state index is 5.12. The minimum Gasteiger partial charge on any atom is -0.273 e. The van der Waals surface area contributed by atoms with E-state index in [1.807, 2.05) is 0 Å². The van der Waals surface area contributed by atoms with Crippen molar-refractivity contribution in [3.8, 4) is 0 Å². The first-order valence-corrected chi connectivity index (χ1v) is 7.76. The van der Waals surface area contributed by atoms with Crippen molar-refractivity contribution in [2.45, 2.75) is 45.6 Å². The summed E-state index contributed by atoms with van der Waals surface area (Å²) in [4.78, 5) is 5.12. The second kappa shape index (κ2) is 5.14. The van der Waals surface area contributed by atoms with Gasteiger partial charge in [-0.3, -0.25) is 4.99 Å². The lowest BCUT2D eigenvalue weighted by Crippen LogP contribution is -2.30. The molecule has 0 amide bonds. The number of nitrogens with zero attached hydrogens (tertiary/aromatic N) is 1. The average molecular weight is 277 g/mol. The summed E-state index contributed by atoms with van der Waals surface area (Å²) in [6.45, 7) is 8.87. The van der Waals surface area contributed by atoms with Gasteiger partial charge in [0.1, 0.15) is 0 Å². The van der Waals surface area contributed by atoms with Crippen LogP contribution in [0.5, 0.6) is 0 Å². The first kappa shape index (κ1) is 14.1. The molecule has 1 aliphatic heterocycles. The maximum Gasteiger partial charge on any atom is 0.0870 e. The maximum atomic E-state index is 5.12. The monoisotopic (exact) mass is 277 g/mol. The van der Waals surface area contributed by atoms with Gasteiger partial charge >= 0.3 is 0 Å². The molecule has 1 aromatic rings. The second-order valence-electron chi connectivity index (χ2n) is 6.60. The van der Waals surface area contributed by atoms with Crippen LogP contribution in [-0.2, 0) is 0 Å². The predicted octanol–water partition coefficient (Wildman–Crippen LogP) is 5.20. The quantitative estimate of drug-likeness (QED) is 0.704. The Morgan fingerprint density at radius 2 is 2.05 bits per heavy atom. The summed E-state index contributed by atoms with van der Waals surface area (Å²) < 4.78 is 0. The number of hydrogen-bond acceptors (Lipinski definition) is 1. The van der Waals surface area contributed by atoms with Crippen LogP contribution in [0.1, 0.15) is 51.2 Å². The molecule has 0 bridgehead atoms. The standard InChI is InChI=1S/C20H23N/c1-14(2)16-8-7-9-17(13-16)19-15(3)12-18-10-5-6-11-20(18,4)21-19/h5-10,12-14H,11H2,1-4H3. The molecule has 1 unspecified atom stereocenters. The summed E-state index contributed by atoms with van der Waals surface area (Å²) in [6.07, 6.45) is 9.83. The van der Waals surface area contributed by atoms with Gasteiger partial charge in [0.2, 0.25) is 0 Å². The molecule has 0 fully saturated rings. The Kier molecular flexibility index (Phi) is 3.44. The minimum atomic E-state index is -0.0998. The van der Waals surface area contributed by atoms with E-state index in [1.165, 1.54) is 22.3 Å². The van der Waals surface area contributed by atoms with Crippen molar-refractivity contribution in [3.63, 3.8) is 0 Å². The van der Waals surface area contributed by atoms with Crippen molar-refractivity contribution in [3.05, 3.63) is 70.8 Å². The number of fused-ring (bicyclic) bond motifs is 1. The van der Waals surface area contributed by atoms with E-state index in [4.69, 9.17) is 4.99 Å².